The van der Waals surface area contributed by atoms with Gasteiger partial charge in [0.1, 0.15) is 6.29 Å². The van der Waals surface area contributed by atoms with Crippen molar-refractivity contribution in [1.82, 2.24) is 15.1 Å². The second kappa shape index (κ2) is 8.47. The third-order valence-electron chi connectivity index (χ3n) is 3.47. The van der Waals surface area contributed by atoms with E-state index in [9.17, 15) is 14.7 Å². The molecule has 128 valence electrons. The number of nitrogens with zero attached hydrogens (tertiary/aromatic N) is 2. The molecular weight excluding hydrogens is 332 g/mol. The molecule has 1 aromatic heterocycles. The summed E-state index contributed by atoms with van der Waals surface area (Å²) < 4.78 is 1.41. The SMILES string of the molecule is Cc1ccc(C(CCO)NC(=O)Nc2cnn(CC=O)c2)cc1Cl. The number of carbonyl (C=O) groups is 2. The standard InChI is InChI=1S/C16H19ClN4O3/c1-11-2-3-12(8-14(11)17)15(4-6-22)20-16(24)19-13-9-18-21(10-13)5-7-23/h2-3,7-10,15,22H,4-6H2,1H3,(H2,19,20,24). The average Bonchev–Trinajstić information content (AvgIpc) is 2.97. The van der Waals surface area contributed by atoms with Crippen LogP contribution in [0.2, 0.25) is 5.02 Å². The first-order valence-electron chi connectivity index (χ1n) is 7.44. The monoisotopic (exact) mass is 350 g/mol. The molecule has 3 N–H and O–H groups in total. The molecule has 0 aliphatic rings. The van der Waals surface area contributed by atoms with Crippen LogP contribution in [0.1, 0.15) is 23.6 Å². The Hall–Kier alpha value is -2.38. The van der Waals surface area contributed by atoms with E-state index in [-0.39, 0.29) is 19.2 Å². The molecule has 0 bridgehead atoms. The van der Waals surface area contributed by atoms with Crippen molar-refractivity contribution in [2.75, 3.05) is 11.9 Å². The summed E-state index contributed by atoms with van der Waals surface area (Å²) in [4.78, 5) is 22.6. The largest absolute Gasteiger partial charge is 0.396 e. The third kappa shape index (κ3) is 4.81. The zero-order chi connectivity index (χ0) is 17.5. The Morgan fingerprint density at radius 3 is 2.96 bits per heavy atom. The van der Waals surface area contributed by atoms with Crippen LogP contribution in [0.3, 0.4) is 0 Å². The van der Waals surface area contributed by atoms with Gasteiger partial charge in [-0.05, 0) is 30.5 Å². The van der Waals surface area contributed by atoms with Crippen LogP contribution in [0.5, 0.6) is 0 Å². The first-order valence-corrected chi connectivity index (χ1v) is 7.81. The fraction of sp³-hybridized carbons (Fsp3) is 0.312. The van der Waals surface area contributed by atoms with Gasteiger partial charge in [0.15, 0.2) is 0 Å². The number of hydrogen-bond donors (Lipinski definition) is 3. The molecule has 8 heteroatoms. The van der Waals surface area contributed by atoms with Gasteiger partial charge in [0.2, 0.25) is 0 Å². The Bertz CT molecular complexity index is 717. The van der Waals surface area contributed by atoms with Crippen molar-refractivity contribution in [2.45, 2.75) is 25.9 Å². The molecule has 0 aliphatic heterocycles. The van der Waals surface area contributed by atoms with E-state index >= 15 is 0 Å². The molecular formula is C16H19ClN4O3. The molecule has 0 spiro atoms. The van der Waals surface area contributed by atoms with E-state index in [2.05, 4.69) is 15.7 Å². The summed E-state index contributed by atoms with van der Waals surface area (Å²) in [6.45, 7) is 1.94. The molecule has 1 atom stereocenters. The highest BCUT2D eigenvalue weighted by Gasteiger charge is 2.15. The van der Waals surface area contributed by atoms with Gasteiger partial charge < -0.3 is 20.5 Å². The van der Waals surface area contributed by atoms with Crippen molar-refractivity contribution in [2.24, 2.45) is 0 Å². The average molecular weight is 351 g/mol. The van der Waals surface area contributed by atoms with Gasteiger partial charge in [-0.25, -0.2) is 4.79 Å². The summed E-state index contributed by atoms with van der Waals surface area (Å²) in [5.74, 6) is 0. The maximum atomic E-state index is 12.1. The Morgan fingerprint density at radius 2 is 2.29 bits per heavy atom. The number of halogens is 1. The van der Waals surface area contributed by atoms with Gasteiger partial charge in [-0.2, -0.15) is 5.10 Å². The van der Waals surface area contributed by atoms with Crippen LogP contribution in [0, 0.1) is 6.92 Å². The maximum Gasteiger partial charge on any atom is 0.319 e. The van der Waals surface area contributed by atoms with E-state index in [4.69, 9.17) is 11.6 Å². The minimum atomic E-state index is -0.434. The van der Waals surface area contributed by atoms with E-state index in [1.165, 1.54) is 10.9 Å². The number of rotatable bonds is 7. The Balaban J connectivity index is 2.04. The first kappa shape index (κ1) is 18.0. The molecule has 1 aromatic carbocycles. The van der Waals surface area contributed by atoms with Crippen molar-refractivity contribution in [3.05, 3.63) is 46.7 Å². The number of nitrogens with one attached hydrogen (secondary N) is 2. The number of aliphatic hydroxyl groups excluding tert-OH is 1. The molecule has 2 aromatic rings. The number of aldehydes is 1. The van der Waals surface area contributed by atoms with E-state index in [1.54, 1.807) is 12.3 Å². The van der Waals surface area contributed by atoms with Crippen molar-refractivity contribution in [3.8, 4) is 0 Å². The number of aryl methyl sites for hydroxylation is 1. The predicted octanol–water partition coefficient (Wildman–Crippen LogP) is 2.29. The normalized spacial score (nSPS) is 11.8. The third-order valence-corrected chi connectivity index (χ3v) is 3.88. The summed E-state index contributed by atoms with van der Waals surface area (Å²) >= 11 is 6.13. The second-order valence-corrected chi connectivity index (χ2v) is 5.70. The highest BCUT2D eigenvalue weighted by Crippen LogP contribution is 2.23. The summed E-state index contributed by atoms with van der Waals surface area (Å²) in [5.41, 5.74) is 2.22. The van der Waals surface area contributed by atoms with Crippen molar-refractivity contribution < 1.29 is 14.7 Å². The second-order valence-electron chi connectivity index (χ2n) is 5.29. The lowest BCUT2D eigenvalue weighted by atomic mass is 10.0. The van der Waals surface area contributed by atoms with Crippen molar-refractivity contribution in [1.29, 1.82) is 0 Å². The predicted molar refractivity (Wildman–Crippen MR) is 91.1 cm³/mol. The van der Waals surface area contributed by atoms with Crippen LogP contribution in [0.4, 0.5) is 10.5 Å². The molecule has 24 heavy (non-hydrogen) atoms. The topological polar surface area (TPSA) is 96.2 Å². The zero-order valence-corrected chi connectivity index (χ0v) is 14.0. The number of benzene rings is 1. The molecule has 0 saturated carbocycles. The van der Waals surface area contributed by atoms with Gasteiger partial charge >= 0.3 is 6.03 Å². The summed E-state index contributed by atoms with van der Waals surface area (Å²) in [7, 11) is 0. The maximum absolute atomic E-state index is 12.1. The number of hydrogen-bond acceptors (Lipinski definition) is 4. The van der Waals surface area contributed by atoms with Crippen LogP contribution in [0.25, 0.3) is 0 Å². The highest BCUT2D eigenvalue weighted by atomic mass is 35.5. The number of aliphatic hydroxyl groups is 1. The van der Waals surface area contributed by atoms with Gasteiger partial charge in [-0.15, -0.1) is 0 Å². The molecule has 7 nitrogen and oxygen atoms in total. The molecule has 0 saturated heterocycles. The summed E-state index contributed by atoms with van der Waals surface area (Å²) in [5, 5.41) is 19.2. The van der Waals surface area contributed by atoms with Crippen LogP contribution in [0.15, 0.2) is 30.6 Å². The molecule has 1 unspecified atom stereocenters. The molecule has 0 fully saturated rings. The smallest absolute Gasteiger partial charge is 0.319 e. The molecule has 0 radical (unpaired) electrons. The Labute approximate surface area is 144 Å². The number of anilines is 1. The van der Waals surface area contributed by atoms with Crippen molar-refractivity contribution >= 4 is 29.6 Å². The Morgan fingerprint density at radius 1 is 1.50 bits per heavy atom. The van der Waals surface area contributed by atoms with E-state index < -0.39 is 6.03 Å². The summed E-state index contributed by atoms with van der Waals surface area (Å²) in [6, 6.07) is 4.70. The van der Waals surface area contributed by atoms with Crippen LogP contribution in [-0.4, -0.2) is 33.8 Å². The zero-order valence-electron chi connectivity index (χ0n) is 13.2. The van der Waals surface area contributed by atoms with Crippen LogP contribution in [-0.2, 0) is 11.3 Å². The Kier molecular flexibility index (Phi) is 6.34. The van der Waals surface area contributed by atoms with Crippen LogP contribution >= 0.6 is 11.6 Å². The lowest BCUT2D eigenvalue weighted by molar-refractivity contribution is -0.108. The number of urea groups is 1. The van der Waals surface area contributed by atoms with Gasteiger partial charge in [-0.1, -0.05) is 23.7 Å². The minimum absolute atomic E-state index is 0.0757. The molecule has 1 heterocycles. The fourth-order valence-corrected chi connectivity index (χ4v) is 2.40. The van der Waals surface area contributed by atoms with Gasteiger partial charge in [0.25, 0.3) is 0 Å². The fourth-order valence-electron chi connectivity index (χ4n) is 2.21. The van der Waals surface area contributed by atoms with Crippen LogP contribution < -0.4 is 10.6 Å². The summed E-state index contributed by atoms with van der Waals surface area (Å²) in [6.07, 6.45) is 4.08. The van der Waals surface area contributed by atoms with Gasteiger partial charge in [0.05, 0.1) is 24.5 Å². The number of carbonyl (C=O) groups excluding carboxylic acids is 2. The number of amides is 2. The molecule has 0 aliphatic carbocycles. The highest BCUT2D eigenvalue weighted by molar-refractivity contribution is 6.31. The van der Waals surface area contributed by atoms with Crippen molar-refractivity contribution in [3.63, 3.8) is 0 Å². The quantitative estimate of drug-likeness (QED) is 0.667. The molecule has 2 amide bonds. The lowest BCUT2D eigenvalue weighted by Gasteiger charge is -2.19. The van der Waals surface area contributed by atoms with E-state index in [0.29, 0.717) is 17.1 Å². The van der Waals surface area contributed by atoms with Gasteiger partial charge in [-0.3, -0.25) is 4.68 Å². The minimum Gasteiger partial charge on any atom is -0.396 e. The van der Waals surface area contributed by atoms with E-state index in [1.807, 2.05) is 19.1 Å². The molecule has 2 rings (SSSR count). The number of aromatic nitrogens is 2. The van der Waals surface area contributed by atoms with E-state index in [0.717, 1.165) is 17.4 Å². The lowest BCUT2D eigenvalue weighted by Crippen LogP contribution is -2.33. The first-order chi connectivity index (χ1) is 11.5. The van der Waals surface area contributed by atoms with Gasteiger partial charge in [0, 0.05) is 17.8 Å².